The predicted molar refractivity (Wildman–Crippen MR) is 106 cm³/mol. The van der Waals surface area contributed by atoms with Gasteiger partial charge in [-0.25, -0.2) is 0 Å². The van der Waals surface area contributed by atoms with Gasteiger partial charge in [0, 0.05) is 63.5 Å². The minimum atomic E-state index is -0.135. The van der Waals surface area contributed by atoms with Crippen LogP contribution in [-0.4, -0.2) is 77.3 Å². The molecule has 156 valence electrons. The summed E-state index contributed by atoms with van der Waals surface area (Å²) in [5.74, 6) is 0.0596. The van der Waals surface area contributed by atoms with Crippen LogP contribution in [-0.2, 0) is 27.4 Å². The first kappa shape index (κ1) is 20.8. The number of morpholine rings is 1. The topological polar surface area (TPSA) is 79.7 Å². The number of nitrogens with zero attached hydrogens (tertiary/aromatic N) is 4. The molecule has 8 heteroatoms. The average Bonchev–Trinajstić information content (AvgIpc) is 2.99. The maximum absolute atomic E-state index is 12.7. The zero-order chi connectivity index (χ0) is 20.1. The molecule has 3 heterocycles. The Hall–Kier alpha value is -1.93. The minimum absolute atomic E-state index is 0.0342. The van der Waals surface area contributed by atoms with E-state index in [-0.39, 0.29) is 17.7 Å². The molecule has 0 aliphatic carbocycles. The molecule has 0 radical (unpaired) electrons. The van der Waals surface area contributed by atoms with E-state index in [0.717, 1.165) is 56.3 Å². The van der Waals surface area contributed by atoms with Gasteiger partial charge >= 0.3 is 0 Å². The van der Waals surface area contributed by atoms with Crippen molar-refractivity contribution >= 4 is 11.8 Å². The van der Waals surface area contributed by atoms with Gasteiger partial charge in [-0.3, -0.25) is 19.2 Å². The maximum Gasteiger partial charge on any atom is 0.225 e. The van der Waals surface area contributed by atoms with Crippen LogP contribution in [0.1, 0.15) is 36.7 Å². The third-order valence-electron chi connectivity index (χ3n) is 5.93. The van der Waals surface area contributed by atoms with E-state index in [2.05, 4.69) is 22.2 Å². The molecule has 0 unspecified atom stereocenters. The zero-order valence-electron chi connectivity index (χ0n) is 17.4. The van der Waals surface area contributed by atoms with Crippen molar-refractivity contribution in [2.45, 2.75) is 46.7 Å². The SMILES string of the molecule is CCn1nc(C)c(CNC(=O)[C@@H]2CCC(=O)N(CCN3CCOCC3)C2)c1C. The standard InChI is InChI=1S/C20H33N5O3/c1-4-25-16(3)18(15(2)22-25)13-21-20(27)17-5-6-19(26)24(14-17)8-7-23-9-11-28-12-10-23/h17H,4-14H2,1-3H3,(H,21,27)/t17-/m1/s1. The lowest BCUT2D eigenvalue weighted by atomic mass is 9.96. The zero-order valence-corrected chi connectivity index (χ0v) is 17.4. The molecule has 1 aromatic rings. The van der Waals surface area contributed by atoms with Crippen molar-refractivity contribution in [2.75, 3.05) is 45.9 Å². The Morgan fingerprint density at radius 3 is 2.68 bits per heavy atom. The summed E-state index contributed by atoms with van der Waals surface area (Å²) in [4.78, 5) is 29.2. The van der Waals surface area contributed by atoms with E-state index < -0.39 is 0 Å². The van der Waals surface area contributed by atoms with Crippen molar-refractivity contribution in [1.82, 2.24) is 24.9 Å². The molecule has 2 saturated heterocycles. The first-order valence-corrected chi connectivity index (χ1v) is 10.4. The molecule has 28 heavy (non-hydrogen) atoms. The number of piperidine rings is 1. The van der Waals surface area contributed by atoms with Gasteiger partial charge in [0.25, 0.3) is 0 Å². The van der Waals surface area contributed by atoms with Crippen molar-refractivity contribution in [3.05, 3.63) is 17.0 Å². The van der Waals surface area contributed by atoms with E-state index in [9.17, 15) is 9.59 Å². The van der Waals surface area contributed by atoms with Crippen molar-refractivity contribution in [3.63, 3.8) is 0 Å². The van der Waals surface area contributed by atoms with Crippen molar-refractivity contribution < 1.29 is 14.3 Å². The molecule has 0 aromatic carbocycles. The predicted octanol–water partition coefficient (Wildman–Crippen LogP) is 0.707. The van der Waals surface area contributed by atoms with Crippen LogP contribution in [0.2, 0.25) is 0 Å². The quantitative estimate of drug-likeness (QED) is 0.740. The normalized spacial score (nSPS) is 21.2. The molecule has 2 fully saturated rings. The second-order valence-corrected chi connectivity index (χ2v) is 7.71. The van der Waals surface area contributed by atoms with Gasteiger partial charge < -0.3 is 15.0 Å². The summed E-state index contributed by atoms with van der Waals surface area (Å²) in [6, 6.07) is 0. The fraction of sp³-hybridized carbons (Fsp3) is 0.750. The van der Waals surface area contributed by atoms with E-state index in [0.29, 0.717) is 32.5 Å². The lowest BCUT2D eigenvalue weighted by molar-refractivity contribution is -0.138. The van der Waals surface area contributed by atoms with Crippen LogP contribution in [0, 0.1) is 19.8 Å². The number of carbonyl (C=O) groups excluding carboxylic acids is 2. The fourth-order valence-corrected chi connectivity index (χ4v) is 4.05. The van der Waals surface area contributed by atoms with Gasteiger partial charge in [0.15, 0.2) is 0 Å². The van der Waals surface area contributed by atoms with Gasteiger partial charge in [0.1, 0.15) is 0 Å². The van der Waals surface area contributed by atoms with Crippen LogP contribution >= 0.6 is 0 Å². The molecule has 1 aromatic heterocycles. The van der Waals surface area contributed by atoms with Crippen LogP contribution in [0.5, 0.6) is 0 Å². The summed E-state index contributed by atoms with van der Waals surface area (Å²) >= 11 is 0. The van der Waals surface area contributed by atoms with Gasteiger partial charge in [0.05, 0.1) is 24.8 Å². The molecule has 2 aliphatic rings. The van der Waals surface area contributed by atoms with E-state index in [4.69, 9.17) is 4.74 Å². The number of amides is 2. The van der Waals surface area contributed by atoms with Crippen molar-refractivity contribution in [1.29, 1.82) is 0 Å². The molecule has 1 N–H and O–H groups in total. The second kappa shape index (κ2) is 9.52. The molecule has 2 amide bonds. The van der Waals surface area contributed by atoms with E-state index >= 15 is 0 Å². The number of hydrogen-bond donors (Lipinski definition) is 1. The first-order valence-electron chi connectivity index (χ1n) is 10.4. The molecule has 2 aliphatic heterocycles. The summed E-state index contributed by atoms with van der Waals surface area (Å²) in [6.45, 7) is 12.8. The van der Waals surface area contributed by atoms with E-state index in [1.165, 1.54) is 0 Å². The molecular formula is C20H33N5O3. The molecular weight excluding hydrogens is 358 g/mol. The van der Waals surface area contributed by atoms with Crippen molar-refractivity contribution in [3.8, 4) is 0 Å². The summed E-state index contributed by atoms with van der Waals surface area (Å²) in [5, 5.41) is 7.58. The third kappa shape index (κ3) is 4.91. The molecule has 0 bridgehead atoms. The first-order chi connectivity index (χ1) is 13.5. The van der Waals surface area contributed by atoms with E-state index in [1.54, 1.807) is 0 Å². The Morgan fingerprint density at radius 2 is 2.00 bits per heavy atom. The molecule has 8 nitrogen and oxygen atoms in total. The van der Waals surface area contributed by atoms with Crippen LogP contribution in [0.3, 0.4) is 0 Å². The highest BCUT2D eigenvalue weighted by atomic mass is 16.5. The van der Waals surface area contributed by atoms with Gasteiger partial charge in [-0.2, -0.15) is 5.10 Å². The summed E-state index contributed by atoms with van der Waals surface area (Å²) in [6.07, 6.45) is 1.08. The molecule has 3 rings (SSSR count). The Kier molecular flexibility index (Phi) is 7.07. The molecule has 0 saturated carbocycles. The molecule has 0 spiro atoms. The Morgan fingerprint density at radius 1 is 1.25 bits per heavy atom. The molecule has 1 atom stereocenters. The highest BCUT2D eigenvalue weighted by molar-refractivity contribution is 5.83. The number of aromatic nitrogens is 2. The van der Waals surface area contributed by atoms with Gasteiger partial charge in [0.2, 0.25) is 11.8 Å². The highest BCUT2D eigenvalue weighted by Gasteiger charge is 2.30. The smallest absolute Gasteiger partial charge is 0.225 e. The Balaban J connectivity index is 1.50. The van der Waals surface area contributed by atoms with Gasteiger partial charge in [-0.15, -0.1) is 0 Å². The largest absolute Gasteiger partial charge is 0.379 e. The summed E-state index contributed by atoms with van der Waals surface area (Å²) in [7, 11) is 0. The number of likely N-dealkylation sites (tertiary alicyclic amines) is 1. The number of rotatable bonds is 7. The maximum atomic E-state index is 12.7. The van der Waals surface area contributed by atoms with E-state index in [1.807, 2.05) is 23.4 Å². The van der Waals surface area contributed by atoms with Gasteiger partial charge in [-0.1, -0.05) is 0 Å². The van der Waals surface area contributed by atoms with Crippen LogP contribution in [0.25, 0.3) is 0 Å². The fourth-order valence-electron chi connectivity index (χ4n) is 4.05. The summed E-state index contributed by atoms with van der Waals surface area (Å²) in [5.41, 5.74) is 3.16. The number of carbonyl (C=O) groups is 2. The lowest BCUT2D eigenvalue weighted by Gasteiger charge is -2.34. The monoisotopic (exact) mass is 391 g/mol. The Bertz CT molecular complexity index is 696. The van der Waals surface area contributed by atoms with Crippen LogP contribution < -0.4 is 5.32 Å². The van der Waals surface area contributed by atoms with Crippen LogP contribution in [0.4, 0.5) is 0 Å². The van der Waals surface area contributed by atoms with Crippen LogP contribution in [0.15, 0.2) is 0 Å². The third-order valence-corrected chi connectivity index (χ3v) is 5.93. The lowest BCUT2D eigenvalue weighted by Crippen LogP contribution is -2.49. The van der Waals surface area contributed by atoms with Crippen molar-refractivity contribution in [2.24, 2.45) is 5.92 Å². The number of nitrogens with one attached hydrogen (secondary N) is 1. The highest BCUT2D eigenvalue weighted by Crippen LogP contribution is 2.19. The summed E-state index contributed by atoms with van der Waals surface area (Å²) < 4.78 is 7.33. The van der Waals surface area contributed by atoms with Gasteiger partial charge in [-0.05, 0) is 27.2 Å². The number of hydrogen-bond acceptors (Lipinski definition) is 5. The Labute approximate surface area is 167 Å². The minimum Gasteiger partial charge on any atom is -0.379 e. The second-order valence-electron chi connectivity index (χ2n) is 7.71. The number of aryl methyl sites for hydroxylation is 2. The average molecular weight is 392 g/mol. The number of ether oxygens (including phenoxy) is 1.